The number of amides is 1. The number of benzene rings is 2. The fraction of sp³-hybridized carbons (Fsp3) is 0.238. The Kier molecular flexibility index (Phi) is 6.70. The number of nitrogens with two attached hydrogens (primary N) is 2. The fourth-order valence-corrected chi connectivity index (χ4v) is 4.03. The molecule has 3 rings (SSSR count). The van der Waals surface area contributed by atoms with Crippen LogP contribution in [0.1, 0.15) is 31.0 Å². The predicted octanol–water partition coefficient (Wildman–Crippen LogP) is 2.56. The summed E-state index contributed by atoms with van der Waals surface area (Å²) in [6.45, 7) is 3.25. The van der Waals surface area contributed by atoms with Gasteiger partial charge in [-0.1, -0.05) is 12.1 Å². The van der Waals surface area contributed by atoms with Crippen LogP contribution in [-0.4, -0.2) is 38.0 Å². The number of nitrogens with zero attached hydrogens (tertiary/aromatic N) is 2. The van der Waals surface area contributed by atoms with Gasteiger partial charge in [0.2, 0.25) is 0 Å². The average molecular weight is 460 g/mol. The molecule has 32 heavy (non-hydrogen) atoms. The van der Waals surface area contributed by atoms with Gasteiger partial charge in [-0.25, -0.2) is 13.2 Å². The van der Waals surface area contributed by atoms with Gasteiger partial charge in [0.1, 0.15) is 6.04 Å². The summed E-state index contributed by atoms with van der Waals surface area (Å²) in [5.41, 5.74) is 12.9. The first-order valence-corrected chi connectivity index (χ1v) is 11.3. The second-order valence-electron chi connectivity index (χ2n) is 7.24. The molecule has 1 aliphatic heterocycles. The van der Waals surface area contributed by atoms with Crippen molar-refractivity contribution < 1.29 is 22.9 Å². The van der Waals surface area contributed by atoms with Gasteiger partial charge in [-0.3, -0.25) is 4.99 Å². The van der Waals surface area contributed by atoms with E-state index in [0.29, 0.717) is 11.3 Å². The minimum absolute atomic E-state index is 0.217. The Morgan fingerprint density at radius 2 is 1.75 bits per heavy atom. The minimum Gasteiger partial charge on any atom is -0.370 e. The fourth-order valence-electron chi connectivity index (χ4n) is 2.97. The first kappa shape index (κ1) is 23.1. The Morgan fingerprint density at radius 1 is 1.12 bits per heavy atom. The molecule has 1 amide bonds. The molecule has 0 saturated heterocycles. The Hall–Kier alpha value is -3.57. The molecule has 0 fully saturated rings. The third-order valence-electron chi connectivity index (χ3n) is 4.76. The molecule has 1 heterocycles. The number of guanidine groups is 1. The molecule has 0 aliphatic carbocycles. The molecule has 5 N–H and O–H groups in total. The van der Waals surface area contributed by atoms with E-state index in [1.54, 1.807) is 63.4 Å². The highest BCUT2D eigenvalue weighted by atomic mass is 32.2. The molecular weight excluding hydrogens is 434 g/mol. The lowest BCUT2D eigenvalue weighted by Gasteiger charge is -2.20. The van der Waals surface area contributed by atoms with Crippen molar-refractivity contribution in [2.24, 2.45) is 16.5 Å². The van der Waals surface area contributed by atoms with Crippen LogP contribution < -0.4 is 16.8 Å². The summed E-state index contributed by atoms with van der Waals surface area (Å²) in [6, 6.07) is 12.9. The summed E-state index contributed by atoms with van der Waals surface area (Å²) in [5.74, 6) is 0.653. The Labute approximate surface area is 186 Å². The Balaban J connectivity index is 1.88. The molecule has 0 spiro atoms. The van der Waals surface area contributed by atoms with Crippen LogP contribution in [-0.2, 0) is 19.5 Å². The third kappa shape index (κ3) is 5.01. The first-order chi connectivity index (χ1) is 15.1. The molecule has 11 heteroatoms. The van der Waals surface area contributed by atoms with Gasteiger partial charge in [-0.2, -0.15) is 0 Å². The van der Waals surface area contributed by atoms with E-state index in [9.17, 15) is 13.2 Å². The number of sulfone groups is 1. The van der Waals surface area contributed by atoms with Crippen LogP contribution in [0.3, 0.4) is 0 Å². The lowest BCUT2D eigenvalue weighted by atomic mass is 10.1. The average Bonchev–Trinajstić information content (AvgIpc) is 3.17. The van der Waals surface area contributed by atoms with Crippen molar-refractivity contribution in [3.8, 4) is 0 Å². The molecule has 2 aromatic rings. The lowest BCUT2D eigenvalue weighted by molar-refractivity contribution is -0.301. The van der Waals surface area contributed by atoms with Crippen molar-refractivity contribution in [3.63, 3.8) is 0 Å². The number of primary amides is 1. The van der Waals surface area contributed by atoms with E-state index in [4.69, 9.17) is 21.1 Å². The predicted molar refractivity (Wildman–Crippen MR) is 121 cm³/mol. The lowest BCUT2D eigenvalue weighted by Crippen LogP contribution is -2.29. The molecular formula is C21H25N5O5S. The van der Waals surface area contributed by atoms with Gasteiger partial charge in [0.05, 0.1) is 10.1 Å². The maximum atomic E-state index is 12.3. The standard InChI is InChI=1S/C21H25N5O5S/c1-13(2)32(28,29)17-10-6-15(7-11-17)19-12-18(26(30-19)31-21(23)27)14-4-8-16(9-5-14)25-20(22)24-3/h4-13,18H,1-3H3,(H2,23,27)(H3,22,24,25). The topological polar surface area (TPSA) is 149 Å². The van der Waals surface area contributed by atoms with Crippen LogP contribution in [0, 0.1) is 0 Å². The summed E-state index contributed by atoms with van der Waals surface area (Å²) in [5, 5.41) is 3.38. The number of carbonyl (C=O) groups is 1. The summed E-state index contributed by atoms with van der Waals surface area (Å²) in [4.78, 5) is 26.1. The SMILES string of the molecule is CN=C(N)Nc1ccc(C2C=C(c3ccc(S(=O)(=O)C(C)C)cc3)ON2OC(N)=O)cc1. The number of hydroxylamine groups is 2. The molecule has 2 aromatic carbocycles. The molecule has 170 valence electrons. The van der Waals surface area contributed by atoms with Crippen LogP contribution in [0.25, 0.3) is 5.76 Å². The smallest absolute Gasteiger partial charge is 0.370 e. The Bertz CT molecular complexity index is 1140. The van der Waals surface area contributed by atoms with E-state index in [1.165, 1.54) is 12.1 Å². The summed E-state index contributed by atoms with van der Waals surface area (Å²) >= 11 is 0. The molecule has 0 radical (unpaired) electrons. The zero-order chi connectivity index (χ0) is 23.5. The second kappa shape index (κ2) is 9.28. The highest BCUT2D eigenvalue weighted by Crippen LogP contribution is 2.36. The molecule has 10 nitrogen and oxygen atoms in total. The van der Waals surface area contributed by atoms with Gasteiger partial charge >= 0.3 is 6.09 Å². The van der Waals surface area contributed by atoms with Crippen molar-refractivity contribution in [2.45, 2.75) is 30.0 Å². The monoisotopic (exact) mass is 459 g/mol. The largest absolute Gasteiger partial charge is 0.426 e. The maximum Gasteiger partial charge on any atom is 0.426 e. The quantitative estimate of drug-likeness (QED) is 0.441. The van der Waals surface area contributed by atoms with Crippen LogP contribution in [0.15, 0.2) is 64.5 Å². The van der Waals surface area contributed by atoms with Crippen molar-refractivity contribution >= 4 is 33.3 Å². The third-order valence-corrected chi connectivity index (χ3v) is 6.93. The summed E-state index contributed by atoms with van der Waals surface area (Å²) in [7, 11) is -1.82. The van der Waals surface area contributed by atoms with E-state index in [1.807, 2.05) is 0 Å². The normalized spacial score (nSPS) is 17.1. The molecule has 0 saturated carbocycles. The van der Waals surface area contributed by atoms with E-state index < -0.39 is 27.2 Å². The van der Waals surface area contributed by atoms with E-state index in [2.05, 4.69) is 10.3 Å². The van der Waals surface area contributed by atoms with Gasteiger partial charge < -0.3 is 26.5 Å². The van der Waals surface area contributed by atoms with Gasteiger partial charge in [-0.05, 0) is 61.9 Å². The van der Waals surface area contributed by atoms with Crippen molar-refractivity contribution in [1.29, 1.82) is 0 Å². The maximum absolute atomic E-state index is 12.3. The summed E-state index contributed by atoms with van der Waals surface area (Å²) < 4.78 is 24.7. The number of carbonyl (C=O) groups excluding carboxylic acids is 1. The minimum atomic E-state index is -3.39. The number of nitrogens with one attached hydrogen (secondary N) is 1. The zero-order valence-corrected chi connectivity index (χ0v) is 18.7. The first-order valence-electron chi connectivity index (χ1n) is 9.72. The number of hydrogen-bond acceptors (Lipinski definition) is 7. The van der Waals surface area contributed by atoms with Crippen LogP contribution in [0.4, 0.5) is 10.5 Å². The number of hydrogen-bond donors (Lipinski definition) is 3. The van der Waals surface area contributed by atoms with Crippen LogP contribution >= 0.6 is 0 Å². The zero-order valence-electron chi connectivity index (χ0n) is 17.8. The van der Waals surface area contributed by atoms with Crippen LogP contribution in [0.2, 0.25) is 0 Å². The van der Waals surface area contributed by atoms with Gasteiger partial charge in [0.25, 0.3) is 0 Å². The second-order valence-corrected chi connectivity index (χ2v) is 9.74. The Morgan fingerprint density at radius 3 is 2.28 bits per heavy atom. The van der Waals surface area contributed by atoms with E-state index in [0.717, 1.165) is 16.5 Å². The molecule has 0 aromatic heterocycles. The van der Waals surface area contributed by atoms with Crippen LogP contribution in [0.5, 0.6) is 0 Å². The highest BCUT2D eigenvalue weighted by molar-refractivity contribution is 7.92. The van der Waals surface area contributed by atoms with E-state index in [-0.39, 0.29) is 10.9 Å². The molecule has 1 atom stereocenters. The highest BCUT2D eigenvalue weighted by Gasteiger charge is 2.32. The van der Waals surface area contributed by atoms with E-state index >= 15 is 0 Å². The van der Waals surface area contributed by atoms with Gasteiger partial charge in [0.15, 0.2) is 21.6 Å². The van der Waals surface area contributed by atoms with Crippen molar-refractivity contribution in [2.75, 3.05) is 12.4 Å². The number of aliphatic imine (C=N–C) groups is 1. The molecule has 1 aliphatic rings. The molecule has 0 bridgehead atoms. The molecule has 1 unspecified atom stereocenters. The van der Waals surface area contributed by atoms with Crippen molar-refractivity contribution in [1.82, 2.24) is 5.23 Å². The van der Waals surface area contributed by atoms with Gasteiger partial charge in [-0.15, -0.1) is 0 Å². The number of anilines is 1. The summed E-state index contributed by atoms with van der Waals surface area (Å²) in [6.07, 6.45) is 0.701. The van der Waals surface area contributed by atoms with Gasteiger partial charge in [0, 0.05) is 23.5 Å². The number of rotatable bonds is 6. The van der Waals surface area contributed by atoms with Crippen molar-refractivity contribution in [3.05, 3.63) is 65.7 Å².